The van der Waals surface area contributed by atoms with Crippen LogP contribution in [0.4, 0.5) is 0 Å². The van der Waals surface area contributed by atoms with E-state index in [1.165, 1.54) is 0 Å². The van der Waals surface area contributed by atoms with Crippen molar-refractivity contribution in [3.05, 3.63) is 41.5 Å². The number of thioether (sulfide) groups is 1. The molecule has 3 rings (SSSR count). The maximum absolute atomic E-state index is 13.0. The molecule has 1 aromatic carbocycles. The summed E-state index contributed by atoms with van der Waals surface area (Å²) in [5, 5.41) is 4.26. The Morgan fingerprint density at radius 1 is 1.27 bits per heavy atom. The lowest BCUT2D eigenvalue weighted by molar-refractivity contribution is -0.133. The number of likely N-dealkylation sites (tertiary alicyclic amines) is 1. The first-order valence-corrected chi connectivity index (χ1v) is 10.0. The molecule has 0 spiro atoms. The zero-order valence-electron chi connectivity index (χ0n) is 15.4. The second-order valence-corrected chi connectivity index (χ2v) is 7.46. The molecule has 26 heavy (non-hydrogen) atoms. The van der Waals surface area contributed by atoms with E-state index in [0.29, 0.717) is 18.9 Å². The average Bonchev–Trinajstić information content (AvgIpc) is 2.98. The number of ketones is 1. The van der Waals surface area contributed by atoms with Crippen molar-refractivity contribution >= 4 is 23.5 Å². The van der Waals surface area contributed by atoms with Crippen molar-refractivity contribution < 1.29 is 9.59 Å². The highest BCUT2D eigenvalue weighted by molar-refractivity contribution is 7.98. The number of hydrogen-bond acceptors (Lipinski definition) is 5. The van der Waals surface area contributed by atoms with Gasteiger partial charge in [-0.2, -0.15) is 5.10 Å². The molecule has 1 atom stereocenters. The maximum atomic E-state index is 13.0. The molecule has 1 fully saturated rings. The Morgan fingerprint density at radius 2 is 2.04 bits per heavy atom. The van der Waals surface area contributed by atoms with Crippen LogP contribution in [-0.4, -0.2) is 50.7 Å². The summed E-state index contributed by atoms with van der Waals surface area (Å²) in [4.78, 5) is 32.7. The van der Waals surface area contributed by atoms with Crippen LogP contribution in [0.3, 0.4) is 0 Å². The van der Waals surface area contributed by atoms with E-state index < -0.39 is 0 Å². The summed E-state index contributed by atoms with van der Waals surface area (Å²) in [5.74, 6) is 1.39. The van der Waals surface area contributed by atoms with Crippen molar-refractivity contribution in [1.82, 2.24) is 19.7 Å². The molecule has 1 aromatic heterocycles. The quantitative estimate of drug-likeness (QED) is 0.596. The minimum atomic E-state index is -0.139. The maximum Gasteiger partial charge on any atom is 0.244 e. The number of carbonyl (C=O) groups is 2. The first-order valence-electron chi connectivity index (χ1n) is 8.82. The van der Waals surface area contributed by atoms with E-state index in [4.69, 9.17) is 0 Å². The van der Waals surface area contributed by atoms with Gasteiger partial charge in [0, 0.05) is 29.5 Å². The Hall–Kier alpha value is -2.15. The lowest BCUT2D eigenvalue weighted by Gasteiger charge is -2.32. The van der Waals surface area contributed by atoms with E-state index in [1.54, 1.807) is 21.3 Å². The predicted molar refractivity (Wildman–Crippen MR) is 101 cm³/mol. The van der Waals surface area contributed by atoms with Crippen LogP contribution in [0.25, 0.3) is 0 Å². The van der Waals surface area contributed by atoms with E-state index in [9.17, 15) is 9.59 Å². The molecule has 1 saturated heterocycles. The van der Waals surface area contributed by atoms with Crippen LogP contribution in [-0.2, 0) is 11.3 Å². The van der Waals surface area contributed by atoms with Gasteiger partial charge in [-0.3, -0.25) is 9.59 Å². The summed E-state index contributed by atoms with van der Waals surface area (Å²) < 4.78 is 1.63. The highest BCUT2D eigenvalue weighted by atomic mass is 32.2. The third-order valence-electron chi connectivity index (χ3n) is 4.76. The topological polar surface area (TPSA) is 68.1 Å². The van der Waals surface area contributed by atoms with Crippen molar-refractivity contribution in [1.29, 1.82) is 0 Å². The Balaban J connectivity index is 1.69. The van der Waals surface area contributed by atoms with Crippen molar-refractivity contribution in [2.24, 2.45) is 5.92 Å². The Kier molecular flexibility index (Phi) is 5.76. The van der Waals surface area contributed by atoms with Crippen molar-refractivity contribution in [2.75, 3.05) is 19.3 Å². The average molecular weight is 372 g/mol. The number of nitrogens with zero attached hydrogens (tertiary/aromatic N) is 4. The molecule has 1 amide bonds. The van der Waals surface area contributed by atoms with Gasteiger partial charge in [0.1, 0.15) is 18.2 Å². The van der Waals surface area contributed by atoms with Gasteiger partial charge in [0.25, 0.3) is 0 Å². The van der Waals surface area contributed by atoms with Crippen molar-refractivity contribution in [3.8, 4) is 0 Å². The van der Waals surface area contributed by atoms with Gasteiger partial charge >= 0.3 is 0 Å². The van der Waals surface area contributed by atoms with Crippen LogP contribution < -0.4 is 0 Å². The number of hydrogen-bond donors (Lipinski definition) is 0. The van der Waals surface area contributed by atoms with Crippen LogP contribution in [0.2, 0.25) is 0 Å². The molecule has 0 radical (unpaired) electrons. The molecular formula is C19H24N4O2S. The number of rotatable bonds is 5. The molecule has 1 unspecified atom stereocenters. The van der Waals surface area contributed by atoms with Crippen LogP contribution in [0, 0.1) is 19.8 Å². The smallest absolute Gasteiger partial charge is 0.244 e. The molecule has 2 aromatic rings. The van der Waals surface area contributed by atoms with Crippen LogP contribution in [0.1, 0.15) is 34.8 Å². The fourth-order valence-electron chi connectivity index (χ4n) is 3.42. The van der Waals surface area contributed by atoms with Gasteiger partial charge in [-0.05, 0) is 39.0 Å². The monoisotopic (exact) mass is 372 g/mol. The largest absolute Gasteiger partial charge is 0.340 e. The number of benzene rings is 1. The summed E-state index contributed by atoms with van der Waals surface area (Å²) in [6.45, 7) is 5.00. The van der Waals surface area contributed by atoms with E-state index in [1.807, 2.05) is 44.4 Å². The number of amides is 1. The first-order chi connectivity index (χ1) is 12.5. The van der Waals surface area contributed by atoms with Gasteiger partial charge in [-0.25, -0.2) is 9.67 Å². The highest BCUT2D eigenvalue weighted by Crippen LogP contribution is 2.27. The molecular weight excluding hydrogens is 348 g/mol. The number of Topliss-reactive ketones (excluding diaryl/α,β-unsaturated/α-hetero) is 1. The summed E-state index contributed by atoms with van der Waals surface area (Å²) >= 11 is 1.58. The van der Waals surface area contributed by atoms with Gasteiger partial charge in [-0.1, -0.05) is 18.2 Å². The molecule has 1 aliphatic rings. The van der Waals surface area contributed by atoms with E-state index in [0.717, 1.165) is 29.1 Å². The molecule has 0 bridgehead atoms. The summed E-state index contributed by atoms with van der Waals surface area (Å²) in [6, 6.07) is 7.70. The standard InChI is InChI=1S/C19H24N4O2S/c1-13-20-14(2)23(21-13)12-18(24)22-10-6-7-15(11-22)19(25)16-8-4-5-9-17(16)26-3/h4-5,8-9,15H,6-7,10-12H2,1-3H3. The zero-order chi connectivity index (χ0) is 18.7. The van der Waals surface area contributed by atoms with Crippen LogP contribution in [0.15, 0.2) is 29.2 Å². The van der Waals surface area contributed by atoms with Crippen molar-refractivity contribution in [3.63, 3.8) is 0 Å². The molecule has 6 nitrogen and oxygen atoms in total. The summed E-state index contributed by atoms with van der Waals surface area (Å²) in [6.07, 6.45) is 3.65. The summed E-state index contributed by atoms with van der Waals surface area (Å²) in [7, 11) is 0. The number of carbonyl (C=O) groups excluding carboxylic acids is 2. The third kappa shape index (κ3) is 3.98. The van der Waals surface area contributed by atoms with Gasteiger partial charge in [-0.15, -0.1) is 11.8 Å². The Labute approximate surface area is 158 Å². The van der Waals surface area contributed by atoms with E-state index in [-0.39, 0.29) is 24.2 Å². The molecule has 0 saturated carbocycles. The number of piperidine rings is 1. The normalized spacial score (nSPS) is 17.3. The van der Waals surface area contributed by atoms with Gasteiger partial charge in [0.2, 0.25) is 5.91 Å². The minimum absolute atomic E-state index is 0.00588. The Bertz CT molecular complexity index is 818. The molecule has 0 aliphatic carbocycles. The van der Waals surface area contributed by atoms with Gasteiger partial charge in [0.05, 0.1) is 0 Å². The minimum Gasteiger partial charge on any atom is -0.340 e. The lowest BCUT2D eigenvalue weighted by Crippen LogP contribution is -2.44. The molecule has 1 aliphatic heterocycles. The van der Waals surface area contributed by atoms with Gasteiger partial charge in [0.15, 0.2) is 5.78 Å². The SMILES string of the molecule is CSc1ccccc1C(=O)C1CCCN(C(=O)Cn2nc(C)nc2C)C1. The van der Waals surface area contributed by atoms with Gasteiger partial charge < -0.3 is 4.90 Å². The second kappa shape index (κ2) is 8.03. The highest BCUT2D eigenvalue weighted by Gasteiger charge is 2.30. The molecule has 7 heteroatoms. The molecule has 0 N–H and O–H groups in total. The number of aromatic nitrogens is 3. The first kappa shape index (κ1) is 18.6. The molecule has 2 heterocycles. The fraction of sp³-hybridized carbons (Fsp3) is 0.474. The van der Waals surface area contributed by atoms with Crippen molar-refractivity contribution in [2.45, 2.75) is 38.1 Å². The lowest BCUT2D eigenvalue weighted by atomic mass is 9.90. The van der Waals surface area contributed by atoms with E-state index >= 15 is 0 Å². The molecule has 138 valence electrons. The summed E-state index contributed by atoms with van der Waals surface area (Å²) in [5.41, 5.74) is 0.766. The van der Waals surface area contributed by atoms with E-state index in [2.05, 4.69) is 10.1 Å². The number of aryl methyl sites for hydroxylation is 2. The Morgan fingerprint density at radius 3 is 2.73 bits per heavy atom. The second-order valence-electron chi connectivity index (χ2n) is 6.61. The van der Waals surface area contributed by atoms with Crippen LogP contribution >= 0.6 is 11.8 Å². The third-order valence-corrected chi connectivity index (χ3v) is 5.56. The zero-order valence-corrected chi connectivity index (χ0v) is 16.3. The van der Waals surface area contributed by atoms with Crippen LogP contribution in [0.5, 0.6) is 0 Å². The fourth-order valence-corrected chi connectivity index (χ4v) is 4.03. The predicted octanol–water partition coefficient (Wildman–Crippen LogP) is 2.74.